The largest absolute Gasteiger partial charge is 0.497 e. The predicted molar refractivity (Wildman–Crippen MR) is 125 cm³/mol. The zero-order valence-corrected chi connectivity index (χ0v) is 20.3. The average Bonchev–Trinajstić information content (AvgIpc) is 2.84. The van der Waals surface area contributed by atoms with Crippen LogP contribution >= 0.6 is 0 Å². The van der Waals surface area contributed by atoms with Crippen molar-refractivity contribution in [2.45, 2.75) is 31.6 Å². The van der Waals surface area contributed by atoms with Gasteiger partial charge in [-0.3, -0.25) is 4.79 Å². The lowest BCUT2D eigenvalue weighted by atomic mass is 10.1. The monoisotopic (exact) mass is 476 g/mol. The van der Waals surface area contributed by atoms with Crippen LogP contribution in [-0.2, 0) is 21.2 Å². The van der Waals surface area contributed by atoms with Gasteiger partial charge in [0.05, 0.1) is 25.2 Å². The summed E-state index contributed by atoms with van der Waals surface area (Å²) in [6.07, 6.45) is 1.02. The molecule has 1 saturated heterocycles. The Kier molecular flexibility index (Phi) is 8.57. The van der Waals surface area contributed by atoms with Crippen molar-refractivity contribution in [1.29, 1.82) is 0 Å². The summed E-state index contributed by atoms with van der Waals surface area (Å²) < 4.78 is 44.0. The molecular weight excluding hydrogens is 444 g/mol. The lowest BCUT2D eigenvalue weighted by molar-refractivity contribution is -0.132. The topological polar surface area (TPSA) is 85.4 Å². The molecule has 2 aromatic carbocycles. The molecule has 8 nitrogen and oxygen atoms in total. The van der Waals surface area contributed by atoms with Gasteiger partial charge in [0.2, 0.25) is 15.9 Å². The molecule has 1 heterocycles. The van der Waals surface area contributed by atoms with Gasteiger partial charge in [0.1, 0.15) is 5.75 Å². The Bertz CT molecular complexity index is 1030. The molecule has 0 aromatic heterocycles. The third-order valence-corrected chi connectivity index (χ3v) is 7.43. The van der Waals surface area contributed by atoms with Gasteiger partial charge in [-0.2, -0.15) is 4.31 Å². The lowest BCUT2D eigenvalue weighted by Crippen LogP contribution is -2.50. The van der Waals surface area contributed by atoms with Crippen molar-refractivity contribution in [3.05, 3.63) is 48.0 Å². The zero-order valence-electron chi connectivity index (χ0n) is 19.5. The number of aryl methyl sites for hydroxylation is 1. The van der Waals surface area contributed by atoms with Gasteiger partial charge in [0.25, 0.3) is 0 Å². The summed E-state index contributed by atoms with van der Waals surface area (Å²) in [4.78, 5) is 14.5. The van der Waals surface area contributed by atoms with Crippen molar-refractivity contribution in [3.63, 3.8) is 0 Å². The number of hydrogen-bond donors (Lipinski definition) is 0. The number of carbonyl (C=O) groups is 1. The van der Waals surface area contributed by atoms with Gasteiger partial charge in [-0.1, -0.05) is 12.1 Å². The number of carbonyl (C=O) groups excluding carboxylic acids is 1. The van der Waals surface area contributed by atoms with Crippen molar-refractivity contribution in [1.82, 2.24) is 9.21 Å². The number of nitrogens with zero attached hydrogens (tertiary/aromatic N) is 2. The second-order valence-electron chi connectivity index (χ2n) is 7.61. The van der Waals surface area contributed by atoms with Gasteiger partial charge in [0.15, 0.2) is 11.5 Å². The van der Waals surface area contributed by atoms with Crippen LogP contribution in [0.3, 0.4) is 0 Å². The summed E-state index contributed by atoms with van der Waals surface area (Å²) >= 11 is 0. The smallest absolute Gasteiger partial charge is 0.243 e. The fourth-order valence-corrected chi connectivity index (χ4v) is 5.16. The first-order valence-corrected chi connectivity index (χ1v) is 12.6. The minimum atomic E-state index is -3.70. The number of methoxy groups -OCH3 is 1. The van der Waals surface area contributed by atoms with Gasteiger partial charge in [0, 0.05) is 38.7 Å². The zero-order chi connectivity index (χ0) is 23.8. The number of piperazine rings is 1. The molecule has 180 valence electrons. The first-order valence-electron chi connectivity index (χ1n) is 11.2. The Morgan fingerprint density at radius 1 is 0.909 bits per heavy atom. The molecule has 2 aromatic rings. The molecule has 0 atom stereocenters. The summed E-state index contributed by atoms with van der Waals surface area (Å²) in [6.45, 7) is 5.81. The molecule has 0 aliphatic carbocycles. The number of sulfonamides is 1. The van der Waals surface area contributed by atoms with Crippen molar-refractivity contribution in [3.8, 4) is 17.2 Å². The third kappa shape index (κ3) is 6.17. The van der Waals surface area contributed by atoms with Crippen molar-refractivity contribution < 1.29 is 27.4 Å². The van der Waals surface area contributed by atoms with Crippen LogP contribution in [0, 0.1) is 0 Å². The third-order valence-electron chi connectivity index (χ3n) is 5.53. The van der Waals surface area contributed by atoms with E-state index in [-0.39, 0.29) is 23.9 Å². The van der Waals surface area contributed by atoms with Crippen LogP contribution in [-0.4, -0.2) is 70.0 Å². The van der Waals surface area contributed by atoms with E-state index in [0.29, 0.717) is 50.6 Å². The molecule has 0 N–H and O–H groups in total. The fraction of sp³-hybridized carbons (Fsp3) is 0.458. The summed E-state index contributed by atoms with van der Waals surface area (Å²) in [5.74, 6) is 1.74. The molecule has 0 saturated carbocycles. The van der Waals surface area contributed by atoms with E-state index in [2.05, 4.69) is 0 Å². The van der Waals surface area contributed by atoms with E-state index in [1.54, 1.807) is 18.1 Å². The Morgan fingerprint density at radius 2 is 1.55 bits per heavy atom. The Balaban J connectivity index is 1.58. The van der Waals surface area contributed by atoms with Crippen molar-refractivity contribution >= 4 is 15.9 Å². The van der Waals surface area contributed by atoms with E-state index in [1.807, 2.05) is 38.1 Å². The molecule has 0 radical (unpaired) electrons. The van der Waals surface area contributed by atoms with Gasteiger partial charge >= 0.3 is 0 Å². The van der Waals surface area contributed by atoms with Crippen LogP contribution in [0.5, 0.6) is 17.2 Å². The number of hydrogen-bond acceptors (Lipinski definition) is 6. The van der Waals surface area contributed by atoms with Gasteiger partial charge in [-0.15, -0.1) is 0 Å². The summed E-state index contributed by atoms with van der Waals surface area (Å²) in [5, 5.41) is 0. The van der Waals surface area contributed by atoms with Crippen LogP contribution in [0.15, 0.2) is 47.4 Å². The van der Waals surface area contributed by atoms with Crippen LogP contribution in [0.1, 0.15) is 25.8 Å². The Morgan fingerprint density at radius 3 is 2.15 bits per heavy atom. The molecule has 0 spiro atoms. The maximum absolute atomic E-state index is 13.2. The van der Waals surface area contributed by atoms with Crippen LogP contribution in [0.4, 0.5) is 0 Å². The molecule has 33 heavy (non-hydrogen) atoms. The quantitative estimate of drug-likeness (QED) is 0.524. The number of benzene rings is 2. The molecule has 0 bridgehead atoms. The number of ether oxygens (including phenoxy) is 3. The van der Waals surface area contributed by atoms with E-state index < -0.39 is 10.0 Å². The minimum Gasteiger partial charge on any atom is -0.497 e. The second-order valence-corrected chi connectivity index (χ2v) is 9.55. The fourth-order valence-electron chi connectivity index (χ4n) is 3.72. The molecule has 1 aliphatic heterocycles. The highest BCUT2D eigenvalue weighted by atomic mass is 32.2. The molecule has 1 amide bonds. The van der Waals surface area contributed by atoms with E-state index in [4.69, 9.17) is 14.2 Å². The van der Waals surface area contributed by atoms with Crippen molar-refractivity contribution in [2.24, 2.45) is 0 Å². The second kappa shape index (κ2) is 11.4. The van der Waals surface area contributed by atoms with Crippen LogP contribution < -0.4 is 14.2 Å². The van der Waals surface area contributed by atoms with E-state index in [9.17, 15) is 13.2 Å². The van der Waals surface area contributed by atoms with E-state index in [0.717, 1.165) is 11.3 Å². The SMILES string of the molecule is CCOc1ccc(S(=O)(=O)N2CCN(C(=O)CCc3ccc(OC)cc3)CC2)cc1OCC. The minimum absolute atomic E-state index is 0.0302. The average molecular weight is 477 g/mol. The molecular formula is C24H32N2O6S. The maximum Gasteiger partial charge on any atom is 0.243 e. The van der Waals surface area contributed by atoms with Gasteiger partial charge in [-0.25, -0.2) is 8.42 Å². The van der Waals surface area contributed by atoms with Crippen LogP contribution in [0.25, 0.3) is 0 Å². The normalized spacial score (nSPS) is 14.7. The first kappa shape index (κ1) is 24.9. The summed E-state index contributed by atoms with van der Waals surface area (Å²) in [6, 6.07) is 12.3. The standard InChI is InChI=1S/C24H32N2O6S/c1-4-31-22-12-11-21(18-23(22)32-5-2)33(28,29)26-16-14-25(15-17-26)24(27)13-8-19-6-9-20(30-3)10-7-19/h6-7,9-12,18H,4-5,8,13-17H2,1-3H3. The van der Waals surface area contributed by atoms with Crippen LogP contribution in [0.2, 0.25) is 0 Å². The molecule has 1 fully saturated rings. The molecule has 1 aliphatic rings. The number of rotatable bonds is 10. The molecule has 9 heteroatoms. The first-order chi connectivity index (χ1) is 15.9. The highest BCUT2D eigenvalue weighted by molar-refractivity contribution is 7.89. The van der Waals surface area contributed by atoms with Crippen molar-refractivity contribution in [2.75, 3.05) is 46.5 Å². The molecule has 3 rings (SSSR count). The maximum atomic E-state index is 13.2. The number of amides is 1. The van der Waals surface area contributed by atoms with E-state index >= 15 is 0 Å². The Labute approximate surface area is 196 Å². The highest BCUT2D eigenvalue weighted by Gasteiger charge is 2.30. The summed E-state index contributed by atoms with van der Waals surface area (Å²) in [5.41, 5.74) is 1.06. The summed E-state index contributed by atoms with van der Waals surface area (Å²) in [7, 11) is -2.08. The lowest BCUT2D eigenvalue weighted by Gasteiger charge is -2.34. The Hall–Kier alpha value is -2.78. The molecule has 0 unspecified atom stereocenters. The van der Waals surface area contributed by atoms with Gasteiger partial charge in [-0.05, 0) is 50.1 Å². The van der Waals surface area contributed by atoms with Gasteiger partial charge < -0.3 is 19.1 Å². The predicted octanol–water partition coefficient (Wildman–Crippen LogP) is 2.96. The highest BCUT2D eigenvalue weighted by Crippen LogP contribution is 2.31. The van der Waals surface area contributed by atoms with E-state index in [1.165, 1.54) is 16.4 Å².